The van der Waals surface area contributed by atoms with E-state index < -0.39 is 162 Å². The van der Waals surface area contributed by atoms with Crippen molar-refractivity contribution in [1.29, 1.82) is 0 Å². The fourth-order valence-corrected chi connectivity index (χ4v) is 9.30. The van der Waals surface area contributed by atoms with E-state index in [0.717, 1.165) is 5.56 Å². The van der Waals surface area contributed by atoms with Crippen LogP contribution in [0.4, 0.5) is 0 Å². The van der Waals surface area contributed by atoms with Crippen molar-refractivity contribution >= 4 is 70.9 Å². The van der Waals surface area contributed by atoms with Crippen LogP contribution in [-0.4, -0.2) is 176 Å². The Kier molecular flexibility index (Phi) is 29.1. The maximum absolute atomic E-state index is 14.7. The second kappa shape index (κ2) is 34.7. The van der Waals surface area contributed by atoms with Gasteiger partial charge in [-0.1, -0.05) is 98.6 Å². The number of benzene rings is 1. The first-order valence-electron chi connectivity index (χ1n) is 28.9. The van der Waals surface area contributed by atoms with Crippen molar-refractivity contribution < 1.29 is 67.7 Å². The predicted octanol–water partition coefficient (Wildman–Crippen LogP) is -1.95. The molecule has 3 rings (SSSR count). The summed E-state index contributed by atoms with van der Waals surface area (Å²) in [4.78, 5) is 170. The van der Waals surface area contributed by atoms with Crippen molar-refractivity contribution in [2.45, 2.75) is 193 Å². The summed E-state index contributed by atoms with van der Waals surface area (Å²) in [6, 6.07) is -5.32. The third-order valence-electron chi connectivity index (χ3n) is 14.7. The van der Waals surface area contributed by atoms with Gasteiger partial charge in [0.1, 0.15) is 60.4 Å². The number of nitrogens with zero attached hydrogens (tertiary/aromatic N) is 2. The number of H-pyrrole nitrogens is 1. The molecule has 1 aromatic heterocycles. The topological polar surface area (TPSA) is 438 Å². The lowest BCUT2D eigenvalue weighted by Gasteiger charge is -2.33. The molecule has 2 heterocycles. The number of carbonyl (C=O) groups is 12. The minimum Gasteiger partial charge on any atom is -0.480 e. The van der Waals surface area contributed by atoms with Gasteiger partial charge in [0.25, 0.3) is 0 Å². The Morgan fingerprint density at radius 3 is 1.66 bits per heavy atom. The quantitative estimate of drug-likeness (QED) is 0.0357. The molecule has 11 amide bonds. The van der Waals surface area contributed by atoms with Gasteiger partial charge in [0.2, 0.25) is 65.0 Å². The van der Waals surface area contributed by atoms with Gasteiger partial charge in [-0.25, -0.2) is 4.98 Å². The number of nitrogens with one attached hydrogen (secondary N) is 10. The van der Waals surface area contributed by atoms with Gasteiger partial charge in [-0.3, -0.25) is 57.5 Å². The zero-order valence-electron chi connectivity index (χ0n) is 50.3. The van der Waals surface area contributed by atoms with E-state index in [1.54, 1.807) is 41.5 Å². The molecule has 28 nitrogen and oxygen atoms in total. The lowest BCUT2D eigenvalue weighted by Crippen LogP contribution is -2.62. The second-order valence-corrected chi connectivity index (χ2v) is 22.7. The molecule has 28 heteroatoms. The van der Waals surface area contributed by atoms with E-state index in [1.807, 2.05) is 44.2 Å². The molecule has 85 heavy (non-hydrogen) atoms. The minimum absolute atomic E-state index is 0.0644. The molecule has 1 fully saturated rings. The number of aliphatic hydroxyl groups excluding tert-OH is 1. The third kappa shape index (κ3) is 22.8. The molecule has 0 radical (unpaired) electrons. The van der Waals surface area contributed by atoms with E-state index in [4.69, 9.17) is 11.5 Å². The summed E-state index contributed by atoms with van der Waals surface area (Å²) in [5.74, 6) is -11.8. The minimum atomic E-state index is -1.60. The van der Waals surface area contributed by atoms with Gasteiger partial charge in [0.15, 0.2) is 0 Å². The Balaban J connectivity index is 1.79. The number of aromatic amines is 1. The number of aromatic nitrogens is 2. The number of carboxylic acid groups (broad SMARTS) is 1. The second-order valence-electron chi connectivity index (χ2n) is 22.7. The van der Waals surface area contributed by atoms with Crippen LogP contribution in [0.25, 0.3) is 0 Å². The Hall–Kier alpha value is -8.01. The normalized spacial score (nSPS) is 17.3. The molecule has 16 N–H and O–H groups in total. The number of carboxylic acids is 1. The van der Waals surface area contributed by atoms with Crippen LogP contribution in [0.5, 0.6) is 0 Å². The Bertz CT molecular complexity index is 2610. The average Bonchev–Trinajstić information content (AvgIpc) is 3.90. The van der Waals surface area contributed by atoms with Crippen molar-refractivity contribution in [1.82, 2.24) is 62.7 Å². The number of aliphatic hydroxyl groups is 1. The number of rotatable bonds is 35. The van der Waals surface area contributed by atoms with Crippen LogP contribution in [0.1, 0.15) is 125 Å². The molecule has 0 spiro atoms. The van der Waals surface area contributed by atoms with E-state index in [1.165, 1.54) is 31.3 Å². The lowest BCUT2D eigenvalue weighted by atomic mass is 9.95. The van der Waals surface area contributed by atoms with Gasteiger partial charge in [-0.15, -0.1) is 0 Å². The first-order chi connectivity index (χ1) is 40.0. The molecule has 0 bridgehead atoms. The summed E-state index contributed by atoms with van der Waals surface area (Å²) in [5.41, 5.74) is 12.7. The van der Waals surface area contributed by atoms with Gasteiger partial charge in [0.05, 0.1) is 25.4 Å². The maximum Gasteiger partial charge on any atom is 0.325 e. The molecule has 13 atom stereocenters. The molecule has 1 saturated heterocycles. The number of carbonyl (C=O) groups excluding carboxylic acids is 11. The zero-order valence-corrected chi connectivity index (χ0v) is 50.3. The summed E-state index contributed by atoms with van der Waals surface area (Å²) >= 11 is 0. The van der Waals surface area contributed by atoms with E-state index >= 15 is 0 Å². The molecular weight excluding hydrogens is 1100 g/mol. The summed E-state index contributed by atoms with van der Waals surface area (Å²) in [5, 5.41) is 42.7. The number of amides is 11. The van der Waals surface area contributed by atoms with Gasteiger partial charge < -0.3 is 79.4 Å². The van der Waals surface area contributed by atoms with Gasteiger partial charge in [0, 0.05) is 24.9 Å². The van der Waals surface area contributed by atoms with Gasteiger partial charge in [-0.05, 0) is 75.2 Å². The highest BCUT2D eigenvalue weighted by atomic mass is 16.4. The van der Waals surface area contributed by atoms with E-state index in [2.05, 4.69) is 57.8 Å². The zero-order chi connectivity index (χ0) is 63.8. The standard InChI is InChI=1S/C57H90N14O14/c1-11-31(7)45(55(82)67-41(25-44(59)73)50(77)63-34(10)57(84)85)69-47(74)33(9)62-49(76)40(24-36-26-60-28-61-36)66-54(81)43-19-16-20-71(43)56(83)46(32(8)12-2)70-52(79)39(22-30(5)6)65-53(80)42(27-72)68-51(78)38(21-29(3)4)64-48(75)37(58)23-35-17-14-13-15-18-35/h13-15,17-18,26,28-34,37-43,45-46,72H,11-12,16,19-25,27,58H2,1-10H3,(H2,59,73)(H,60,61)(H,62,76)(H,63,77)(H,64,75)(H,65,80)(H,66,81)(H,67,82)(H,68,78)(H,69,74)(H,70,79)(H,84,85). The Morgan fingerprint density at radius 1 is 0.612 bits per heavy atom. The smallest absolute Gasteiger partial charge is 0.325 e. The first-order valence-corrected chi connectivity index (χ1v) is 28.9. The van der Waals surface area contributed by atoms with Crippen LogP contribution in [0, 0.1) is 23.7 Å². The molecular formula is C57H90N14O14. The van der Waals surface area contributed by atoms with Crippen molar-refractivity contribution in [3.8, 4) is 0 Å². The van der Waals surface area contributed by atoms with Gasteiger partial charge in [-0.2, -0.15) is 0 Å². The lowest BCUT2D eigenvalue weighted by molar-refractivity contribution is -0.143. The molecule has 13 unspecified atom stereocenters. The molecule has 472 valence electrons. The Morgan fingerprint density at radius 2 is 1.12 bits per heavy atom. The van der Waals surface area contributed by atoms with Gasteiger partial charge >= 0.3 is 5.97 Å². The van der Waals surface area contributed by atoms with Crippen LogP contribution in [0.15, 0.2) is 42.9 Å². The summed E-state index contributed by atoms with van der Waals surface area (Å²) < 4.78 is 0. The average molecular weight is 1200 g/mol. The van der Waals surface area contributed by atoms with Crippen molar-refractivity contribution in [2.24, 2.45) is 35.1 Å². The van der Waals surface area contributed by atoms with Crippen LogP contribution in [-0.2, 0) is 70.4 Å². The maximum atomic E-state index is 14.7. The van der Waals surface area contributed by atoms with Crippen molar-refractivity contribution in [2.75, 3.05) is 13.2 Å². The molecule has 1 aliphatic rings. The molecule has 1 aliphatic heterocycles. The summed E-state index contributed by atoms with van der Waals surface area (Å²) in [7, 11) is 0. The van der Waals surface area contributed by atoms with Crippen molar-refractivity contribution in [3.05, 3.63) is 54.1 Å². The highest BCUT2D eigenvalue weighted by Crippen LogP contribution is 2.23. The summed E-state index contributed by atoms with van der Waals surface area (Å²) in [6.07, 6.45) is 3.58. The molecule has 1 aromatic carbocycles. The van der Waals surface area contributed by atoms with E-state index in [9.17, 15) is 67.7 Å². The fourth-order valence-electron chi connectivity index (χ4n) is 9.30. The van der Waals surface area contributed by atoms with Crippen molar-refractivity contribution in [3.63, 3.8) is 0 Å². The summed E-state index contributed by atoms with van der Waals surface area (Å²) in [6.45, 7) is 15.9. The first kappa shape index (κ1) is 71.3. The monoisotopic (exact) mass is 1190 g/mol. The predicted molar refractivity (Wildman–Crippen MR) is 310 cm³/mol. The number of hydrogen-bond acceptors (Lipinski definition) is 15. The number of primary amides is 1. The molecule has 2 aromatic rings. The van der Waals surface area contributed by atoms with Crippen LogP contribution >= 0.6 is 0 Å². The van der Waals surface area contributed by atoms with E-state index in [-0.39, 0.29) is 50.5 Å². The number of aliphatic carboxylic acids is 1. The largest absolute Gasteiger partial charge is 0.480 e. The highest BCUT2D eigenvalue weighted by Gasteiger charge is 2.42. The SMILES string of the molecule is CCC(C)C(NC(=O)C(C)NC(=O)C(Cc1cnc[nH]1)NC(=O)C1CCCN1C(=O)C(NC(=O)C(CC(C)C)NC(=O)C(CO)NC(=O)C(CC(C)C)NC(=O)C(N)Cc1ccccc1)C(C)CC)C(=O)NC(CC(N)=O)C(=O)NC(C)C(=O)O. The Labute approximate surface area is 495 Å². The number of hydrogen-bond donors (Lipinski definition) is 14. The van der Waals surface area contributed by atoms with Crippen LogP contribution in [0.2, 0.25) is 0 Å². The number of nitrogens with two attached hydrogens (primary N) is 2. The highest BCUT2D eigenvalue weighted by molar-refractivity contribution is 5.99. The fraction of sp³-hybridized carbons (Fsp3) is 0.632. The van der Waals surface area contributed by atoms with E-state index in [0.29, 0.717) is 25.0 Å². The molecule has 0 aliphatic carbocycles. The molecule has 0 saturated carbocycles. The number of likely N-dealkylation sites (tertiary alicyclic amines) is 1. The van der Waals surface area contributed by atoms with Crippen LogP contribution in [0.3, 0.4) is 0 Å². The van der Waals surface area contributed by atoms with Crippen LogP contribution < -0.4 is 59.3 Å². The third-order valence-corrected chi connectivity index (χ3v) is 14.7. The number of imidazole rings is 1.